The average molecular weight is 224 g/mol. The summed E-state index contributed by atoms with van der Waals surface area (Å²) >= 11 is 0. The second-order valence-corrected chi connectivity index (χ2v) is 3.59. The van der Waals surface area contributed by atoms with E-state index >= 15 is 0 Å². The minimum Gasteiger partial charge on any atom is -0.557 e. The van der Waals surface area contributed by atoms with Crippen molar-refractivity contribution in [3.05, 3.63) is 42.2 Å². The SMILES string of the molecule is Oc1ccccc1-c1ccc(F)c2c1O[B]2.[B]. The molecule has 1 N–H and O–H groups in total. The van der Waals surface area contributed by atoms with Crippen molar-refractivity contribution in [2.45, 2.75) is 0 Å². The van der Waals surface area contributed by atoms with Gasteiger partial charge in [0.1, 0.15) is 17.3 Å². The van der Waals surface area contributed by atoms with Crippen LogP contribution in [0.25, 0.3) is 11.1 Å². The number of phenols is 1. The highest BCUT2D eigenvalue weighted by atomic mass is 19.1. The van der Waals surface area contributed by atoms with Gasteiger partial charge in [0.25, 0.3) is 0 Å². The predicted octanol–water partition coefficient (Wildman–Crippen LogP) is 1.45. The fourth-order valence-electron chi connectivity index (χ4n) is 1.79. The summed E-state index contributed by atoms with van der Waals surface area (Å²) in [6, 6.07) is 9.89. The summed E-state index contributed by atoms with van der Waals surface area (Å²) in [5, 5.41) is 9.71. The molecule has 0 saturated carbocycles. The summed E-state index contributed by atoms with van der Waals surface area (Å²) in [6.45, 7) is 0. The number of halogens is 1. The molecule has 0 aromatic heterocycles. The Morgan fingerprint density at radius 1 is 1.06 bits per heavy atom. The summed E-state index contributed by atoms with van der Waals surface area (Å²) < 4.78 is 18.4. The van der Waals surface area contributed by atoms with E-state index in [0.717, 1.165) is 0 Å². The van der Waals surface area contributed by atoms with E-state index in [1.54, 1.807) is 24.3 Å². The van der Waals surface area contributed by atoms with E-state index in [1.165, 1.54) is 13.5 Å². The predicted molar refractivity (Wildman–Crippen MR) is 65.3 cm³/mol. The third-order valence-corrected chi connectivity index (χ3v) is 2.63. The Morgan fingerprint density at radius 2 is 1.82 bits per heavy atom. The van der Waals surface area contributed by atoms with Crippen molar-refractivity contribution in [1.29, 1.82) is 0 Å². The van der Waals surface area contributed by atoms with Crippen LogP contribution in [-0.4, -0.2) is 21.0 Å². The van der Waals surface area contributed by atoms with Crippen LogP contribution in [-0.2, 0) is 0 Å². The van der Waals surface area contributed by atoms with Gasteiger partial charge in [0.05, 0.1) is 0 Å². The molecule has 0 aliphatic carbocycles. The molecule has 0 bridgehead atoms. The molecule has 0 atom stereocenters. The van der Waals surface area contributed by atoms with Crippen LogP contribution in [0.1, 0.15) is 0 Å². The maximum atomic E-state index is 13.3. The van der Waals surface area contributed by atoms with Gasteiger partial charge in [-0.05, 0) is 18.2 Å². The van der Waals surface area contributed by atoms with E-state index in [1.807, 2.05) is 6.07 Å². The average Bonchev–Trinajstić information content (AvgIpc) is 2.22. The summed E-state index contributed by atoms with van der Waals surface area (Å²) in [5.41, 5.74) is 1.81. The molecule has 4 radical (unpaired) electrons. The topological polar surface area (TPSA) is 29.5 Å². The first-order chi connectivity index (χ1) is 7.77. The summed E-state index contributed by atoms with van der Waals surface area (Å²) in [6.07, 6.45) is 0. The first-order valence-corrected chi connectivity index (χ1v) is 4.88. The minimum atomic E-state index is -0.305. The highest BCUT2D eigenvalue weighted by molar-refractivity contribution is 6.55. The molecule has 0 fully saturated rings. The Hall–Kier alpha value is -1.90. The van der Waals surface area contributed by atoms with Gasteiger partial charge in [0.2, 0.25) is 0 Å². The Bertz CT molecular complexity index is 572. The van der Waals surface area contributed by atoms with Gasteiger partial charge in [-0.15, -0.1) is 0 Å². The molecule has 80 valence electrons. The molecule has 1 aliphatic rings. The van der Waals surface area contributed by atoms with E-state index in [2.05, 4.69) is 0 Å². The molecule has 0 saturated heterocycles. The molecule has 2 aromatic carbocycles. The first kappa shape index (κ1) is 11.6. The number of fused-ring (bicyclic) bond motifs is 1. The van der Waals surface area contributed by atoms with Crippen molar-refractivity contribution in [3.8, 4) is 22.6 Å². The molecule has 17 heavy (non-hydrogen) atoms. The third kappa shape index (κ3) is 1.68. The van der Waals surface area contributed by atoms with E-state index < -0.39 is 0 Å². The van der Waals surface area contributed by atoms with Gasteiger partial charge >= 0.3 is 7.48 Å². The van der Waals surface area contributed by atoms with Crippen LogP contribution in [0.4, 0.5) is 4.39 Å². The Balaban J connectivity index is 0.00000108. The van der Waals surface area contributed by atoms with E-state index in [4.69, 9.17) is 4.65 Å². The standard InChI is InChI=1S/C12H7BFO2.B/c14-9-6-5-8(12-11(9)13-16-12)7-3-1-2-4-10(7)15;/h1-6,15H;. The highest BCUT2D eigenvalue weighted by Crippen LogP contribution is 2.36. The first-order valence-electron chi connectivity index (χ1n) is 4.88. The fraction of sp³-hybridized carbons (Fsp3) is 0. The highest BCUT2D eigenvalue weighted by Gasteiger charge is 2.27. The molecule has 1 heterocycles. The number of para-hydroxylation sites is 1. The lowest BCUT2D eigenvalue weighted by atomic mass is 9.77. The number of phenolic OH excluding ortho intramolecular Hbond substituents is 1. The number of rotatable bonds is 1. The van der Waals surface area contributed by atoms with Crippen molar-refractivity contribution in [1.82, 2.24) is 0 Å². The molecule has 5 heteroatoms. The lowest BCUT2D eigenvalue weighted by molar-refractivity contribution is 0.476. The number of hydrogen-bond donors (Lipinski definition) is 1. The zero-order valence-corrected chi connectivity index (χ0v) is 8.85. The third-order valence-electron chi connectivity index (χ3n) is 2.63. The summed E-state index contributed by atoms with van der Waals surface area (Å²) in [7, 11) is 1.37. The Labute approximate surface area is 101 Å². The quantitative estimate of drug-likeness (QED) is 0.742. The normalized spacial score (nSPS) is 11.4. The van der Waals surface area contributed by atoms with Crippen LogP contribution in [0.15, 0.2) is 36.4 Å². The van der Waals surface area contributed by atoms with Crippen LogP contribution >= 0.6 is 0 Å². The van der Waals surface area contributed by atoms with E-state index in [9.17, 15) is 9.50 Å². The van der Waals surface area contributed by atoms with E-state index in [0.29, 0.717) is 22.3 Å². The van der Waals surface area contributed by atoms with Crippen LogP contribution < -0.4 is 10.1 Å². The van der Waals surface area contributed by atoms with Gasteiger partial charge in [-0.2, -0.15) is 0 Å². The molecule has 0 amide bonds. The minimum absolute atomic E-state index is 0. The van der Waals surface area contributed by atoms with Crippen molar-refractivity contribution in [2.75, 3.05) is 0 Å². The van der Waals surface area contributed by atoms with E-state index in [-0.39, 0.29) is 20.0 Å². The van der Waals surface area contributed by atoms with Gasteiger partial charge in [-0.3, -0.25) is 0 Å². The maximum Gasteiger partial charge on any atom is 0.415 e. The summed E-state index contributed by atoms with van der Waals surface area (Å²) in [5.74, 6) is 0.341. The molecule has 1 aliphatic heterocycles. The zero-order valence-electron chi connectivity index (χ0n) is 8.85. The van der Waals surface area contributed by atoms with Crippen molar-refractivity contribution >= 4 is 21.4 Å². The van der Waals surface area contributed by atoms with Crippen LogP contribution in [0.3, 0.4) is 0 Å². The van der Waals surface area contributed by atoms with Crippen LogP contribution in [0.2, 0.25) is 0 Å². The second-order valence-electron chi connectivity index (χ2n) is 3.59. The van der Waals surface area contributed by atoms with Gasteiger partial charge in [-0.25, -0.2) is 4.39 Å². The Morgan fingerprint density at radius 3 is 2.47 bits per heavy atom. The van der Waals surface area contributed by atoms with Crippen LogP contribution in [0, 0.1) is 5.82 Å². The van der Waals surface area contributed by atoms with Gasteiger partial charge < -0.3 is 9.76 Å². The molecule has 0 unspecified atom stereocenters. The fourth-order valence-corrected chi connectivity index (χ4v) is 1.79. The largest absolute Gasteiger partial charge is 0.557 e. The van der Waals surface area contributed by atoms with Gasteiger partial charge in [0, 0.05) is 25.0 Å². The molecule has 0 spiro atoms. The molecular weight excluding hydrogens is 217 g/mol. The molecular formula is C12H7B2FO2. The lowest BCUT2D eigenvalue weighted by Crippen LogP contribution is -2.37. The number of benzene rings is 2. The molecule has 3 rings (SSSR count). The second kappa shape index (κ2) is 4.17. The molecule has 2 aromatic rings. The van der Waals surface area contributed by atoms with Gasteiger partial charge in [-0.1, -0.05) is 18.2 Å². The number of hydrogen-bond acceptors (Lipinski definition) is 2. The zero-order chi connectivity index (χ0) is 11.1. The Kier molecular flexibility index (Phi) is 2.84. The summed E-state index contributed by atoms with van der Waals surface area (Å²) in [4.78, 5) is 0. The monoisotopic (exact) mass is 224 g/mol. The van der Waals surface area contributed by atoms with Gasteiger partial charge in [0.15, 0.2) is 0 Å². The number of aromatic hydroxyl groups is 1. The van der Waals surface area contributed by atoms with Crippen molar-refractivity contribution in [2.24, 2.45) is 0 Å². The maximum absolute atomic E-state index is 13.3. The van der Waals surface area contributed by atoms with Crippen LogP contribution in [0.5, 0.6) is 11.5 Å². The molecule has 2 nitrogen and oxygen atoms in total. The van der Waals surface area contributed by atoms with Crippen molar-refractivity contribution in [3.63, 3.8) is 0 Å². The smallest absolute Gasteiger partial charge is 0.415 e. The lowest BCUT2D eigenvalue weighted by Gasteiger charge is -2.23. The van der Waals surface area contributed by atoms with Crippen molar-refractivity contribution < 1.29 is 14.2 Å².